The third-order valence-corrected chi connectivity index (χ3v) is 5.32. The minimum Gasteiger partial charge on any atom is -0.465 e. The number of carbonyl (C=O) groups excluding carboxylic acids is 2. The lowest BCUT2D eigenvalue weighted by molar-refractivity contribution is -0.144. The molecule has 0 radical (unpaired) electrons. The Labute approximate surface area is 195 Å². The fourth-order valence-corrected chi connectivity index (χ4v) is 3.53. The van der Waals surface area contributed by atoms with E-state index >= 15 is 0 Å². The third kappa shape index (κ3) is 5.21. The monoisotopic (exact) mass is 491 g/mol. The molecule has 0 bridgehead atoms. The van der Waals surface area contributed by atoms with Crippen LogP contribution in [0.1, 0.15) is 28.5 Å². The van der Waals surface area contributed by atoms with Crippen LogP contribution in [0.25, 0.3) is 23.1 Å². The second-order valence-corrected chi connectivity index (χ2v) is 8.17. The van der Waals surface area contributed by atoms with E-state index in [1.807, 2.05) is 55.4 Å². The van der Waals surface area contributed by atoms with Gasteiger partial charge in [0.05, 0.1) is 23.9 Å². The molecule has 1 heterocycles. The summed E-state index contributed by atoms with van der Waals surface area (Å²) in [5, 5.41) is 10.0. The van der Waals surface area contributed by atoms with Gasteiger partial charge in [0.2, 0.25) is 5.92 Å². The van der Waals surface area contributed by atoms with Crippen LogP contribution in [0, 0.1) is 17.2 Å². The fraction of sp³-hybridized carbons (Fsp3) is 0.200. The SMILES string of the molecule is CCOC(=O)C(C#N)C(=O)c1cc(/C=C/c2ccc(N(C)C)cc2)nc2ccc(Br)cc12. The van der Waals surface area contributed by atoms with Crippen LogP contribution < -0.4 is 4.90 Å². The van der Waals surface area contributed by atoms with Crippen molar-refractivity contribution in [3.05, 3.63) is 69.8 Å². The van der Waals surface area contributed by atoms with Crippen molar-refractivity contribution < 1.29 is 14.3 Å². The van der Waals surface area contributed by atoms with Crippen molar-refractivity contribution in [3.8, 4) is 6.07 Å². The summed E-state index contributed by atoms with van der Waals surface area (Å²) in [6.07, 6.45) is 3.70. The van der Waals surface area contributed by atoms with Gasteiger partial charge in [-0.15, -0.1) is 0 Å². The maximum Gasteiger partial charge on any atom is 0.331 e. The number of esters is 1. The smallest absolute Gasteiger partial charge is 0.331 e. The summed E-state index contributed by atoms with van der Waals surface area (Å²) in [7, 11) is 3.96. The number of ether oxygens (including phenoxy) is 1. The zero-order valence-electron chi connectivity index (χ0n) is 18.0. The Morgan fingerprint density at radius 2 is 1.88 bits per heavy atom. The Hall–Kier alpha value is -3.50. The summed E-state index contributed by atoms with van der Waals surface area (Å²) in [5.41, 5.74) is 3.44. The summed E-state index contributed by atoms with van der Waals surface area (Å²) < 4.78 is 5.67. The van der Waals surface area contributed by atoms with E-state index in [1.165, 1.54) is 0 Å². The molecule has 2 aromatic carbocycles. The molecule has 0 amide bonds. The van der Waals surface area contributed by atoms with Gasteiger partial charge in [-0.1, -0.05) is 34.1 Å². The molecule has 6 nitrogen and oxygen atoms in total. The Morgan fingerprint density at radius 3 is 2.50 bits per heavy atom. The van der Waals surface area contributed by atoms with E-state index in [0.29, 0.717) is 16.6 Å². The summed E-state index contributed by atoms with van der Waals surface area (Å²) in [6.45, 7) is 1.72. The van der Waals surface area contributed by atoms with Crippen LogP contribution in [0.3, 0.4) is 0 Å². The summed E-state index contributed by atoms with van der Waals surface area (Å²) in [4.78, 5) is 31.9. The predicted octanol–water partition coefficient (Wildman–Crippen LogP) is 5.12. The third-order valence-electron chi connectivity index (χ3n) is 4.83. The second-order valence-electron chi connectivity index (χ2n) is 7.25. The van der Waals surface area contributed by atoms with E-state index in [-0.39, 0.29) is 12.2 Å². The van der Waals surface area contributed by atoms with Crippen LogP contribution in [-0.4, -0.2) is 37.4 Å². The lowest BCUT2D eigenvalue weighted by atomic mass is 9.95. The highest BCUT2D eigenvalue weighted by Gasteiger charge is 2.30. The van der Waals surface area contributed by atoms with Gasteiger partial charge in [-0.25, -0.2) is 4.98 Å². The number of aromatic nitrogens is 1. The fourth-order valence-electron chi connectivity index (χ4n) is 3.17. The van der Waals surface area contributed by atoms with Gasteiger partial charge >= 0.3 is 5.97 Å². The number of hydrogen-bond acceptors (Lipinski definition) is 6. The highest BCUT2D eigenvalue weighted by Crippen LogP contribution is 2.26. The standard InChI is InChI=1S/C25H22BrN3O3/c1-4-32-25(31)22(15-27)24(30)21-14-18(28-23-12-8-17(26)13-20(21)23)9-5-16-6-10-19(11-7-16)29(2)3/h5-14,22H,4H2,1-3H3/b9-5+. The minimum atomic E-state index is -1.53. The molecule has 1 aromatic heterocycles. The van der Waals surface area contributed by atoms with Gasteiger partial charge in [-0.05, 0) is 55.0 Å². The summed E-state index contributed by atoms with van der Waals surface area (Å²) >= 11 is 3.41. The zero-order chi connectivity index (χ0) is 23.3. The molecule has 3 rings (SSSR count). The van der Waals surface area contributed by atoms with Gasteiger partial charge in [0.25, 0.3) is 0 Å². The average Bonchev–Trinajstić information content (AvgIpc) is 2.78. The van der Waals surface area contributed by atoms with E-state index in [0.717, 1.165) is 15.7 Å². The zero-order valence-corrected chi connectivity index (χ0v) is 19.6. The first-order valence-corrected chi connectivity index (χ1v) is 10.8. The lowest BCUT2D eigenvalue weighted by Gasteiger charge is -2.12. The van der Waals surface area contributed by atoms with Crippen molar-refractivity contribution in [2.45, 2.75) is 6.92 Å². The van der Waals surface area contributed by atoms with Crippen LogP contribution in [0.4, 0.5) is 5.69 Å². The minimum absolute atomic E-state index is 0.0908. The van der Waals surface area contributed by atoms with Gasteiger partial charge in [0, 0.05) is 35.2 Å². The van der Waals surface area contributed by atoms with Gasteiger partial charge in [0.1, 0.15) is 0 Å². The van der Waals surface area contributed by atoms with Gasteiger partial charge in [0.15, 0.2) is 5.78 Å². The molecule has 0 fully saturated rings. The Bertz CT molecular complexity index is 1230. The lowest BCUT2D eigenvalue weighted by Crippen LogP contribution is -2.25. The number of rotatable bonds is 7. The van der Waals surface area contributed by atoms with E-state index in [4.69, 9.17) is 4.74 Å². The number of carbonyl (C=O) groups is 2. The number of fused-ring (bicyclic) bond motifs is 1. The predicted molar refractivity (Wildman–Crippen MR) is 129 cm³/mol. The number of halogens is 1. The molecule has 162 valence electrons. The number of Topliss-reactive ketones (excluding diaryl/α,β-unsaturated/α-hetero) is 1. The first-order valence-electron chi connectivity index (χ1n) is 10.00. The normalized spacial score (nSPS) is 11.8. The highest BCUT2D eigenvalue weighted by atomic mass is 79.9. The molecule has 0 aliphatic carbocycles. The topological polar surface area (TPSA) is 83.3 Å². The number of anilines is 1. The van der Waals surface area contributed by atoms with E-state index in [1.54, 1.807) is 37.3 Å². The quantitative estimate of drug-likeness (QED) is 0.259. The first-order chi connectivity index (χ1) is 15.3. The number of nitrogens with zero attached hydrogens (tertiary/aromatic N) is 3. The molecule has 7 heteroatoms. The molecule has 0 saturated heterocycles. The molecular weight excluding hydrogens is 470 g/mol. The summed E-state index contributed by atoms with van der Waals surface area (Å²) in [5.74, 6) is -2.99. The molecule has 0 N–H and O–H groups in total. The molecule has 0 aliphatic heterocycles. The average molecular weight is 492 g/mol. The molecule has 1 unspecified atom stereocenters. The van der Waals surface area contributed by atoms with E-state index in [2.05, 4.69) is 20.9 Å². The van der Waals surface area contributed by atoms with Crippen molar-refractivity contribution in [2.24, 2.45) is 5.92 Å². The molecule has 1 atom stereocenters. The van der Waals surface area contributed by atoms with Crippen LogP contribution in [0.2, 0.25) is 0 Å². The number of nitriles is 1. The Balaban J connectivity index is 2.04. The van der Waals surface area contributed by atoms with Crippen molar-refractivity contribution in [2.75, 3.05) is 25.6 Å². The van der Waals surface area contributed by atoms with Crippen molar-refractivity contribution >= 4 is 56.4 Å². The van der Waals surface area contributed by atoms with Crippen LogP contribution in [-0.2, 0) is 9.53 Å². The van der Waals surface area contributed by atoms with Crippen LogP contribution >= 0.6 is 15.9 Å². The van der Waals surface area contributed by atoms with Gasteiger partial charge in [-0.2, -0.15) is 5.26 Å². The van der Waals surface area contributed by atoms with Crippen LogP contribution in [0.5, 0.6) is 0 Å². The van der Waals surface area contributed by atoms with Crippen molar-refractivity contribution in [1.29, 1.82) is 5.26 Å². The number of hydrogen-bond donors (Lipinski definition) is 0. The molecule has 3 aromatic rings. The highest BCUT2D eigenvalue weighted by molar-refractivity contribution is 9.10. The number of ketones is 1. The molecule has 0 spiro atoms. The number of pyridine rings is 1. The Morgan fingerprint density at radius 1 is 1.16 bits per heavy atom. The largest absolute Gasteiger partial charge is 0.465 e. The maximum absolute atomic E-state index is 13.2. The molecular formula is C25H22BrN3O3. The molecule has 0 saturated carbocycles. The van der Waals surface area contributed by atoms with E-state index < -0.39 is 17.7 Å². The number of benzene rings is 2. The van der Waals surface area contributed by atoms with Gasteiger partial charge in [-0.3, -0.25) is 9.59 Å². The van der Waals surface area contributed by atoms with E-state index in [9.17, 15) is 14.9 Å². The first kappa shape index (κ1) is 23.2. The van der Waals surface area contributed by atoms with Crippen molar-refractivity contribution in [3.63, 3.8) is 0 Å². The maximum atomic E-state index is 13.2. The van der Waals surface area contributed by atoms with Gasteiger partial charge < -0.3 is 9.64 Å². The van der Waals surface area contributed by atoms with Crippen molar-refractivity contribution in [1.82, 2.24) is 4.98 Å². The second kappa shape index (κ2) is 10.2. The van der Waals surface area contributed by atoms with Crippen LogP contribution in [0.15, 0.2) is 53.0 Å². The summed E-state index contributed by atoms with van der Waals surface area (Å²) in [6, 6.07) is 16.7. The Kier molecular flexibility index (Phi) is 7.39. The molecule has 0 aliphatic rings. The molecule has 32 heavy (non-hydrogen) atoms.